The number of aliphatic imine (C=N–C) groups is 1. The van der Waals surface area contributed by atoms with Crippen molar-refractivity contribution >= 4 is 50.3 Å². The molecule has 0 aromatic heterocycles. The quantitative estimate of drug-likeness (QED) is 0.381. The van der Waals surface area contributed by atoms with E-state index >= 15 is 4.39 Å². The SMILES string of the molecule is CNc1ccc(C2=CC(C)CC=C3C(Nc4ccc(C(=O)NCC5CCS(=O)(=O)CC5)c(Cl)c4)=NC=CN32)c(F)c1F. The lowest BCUT2D eigenvalue weighted by Crippen LogP contribution is -2.34. The van der Waals surface area contributed by atoms with Crippen molar-refractivity contribution in [1.82, 2.24) is 10.2 Å². The number of amides is 1. The third-order valence-electron chi connectivity index (χ3n) is 7.64. The summed E-state index contributed by atoms with van der Waals surface area (Å²) in [5.41, 5.74) is 2.25. The summed E-state index contributed by atoms with van der Waals surface area (Å²) in [6.45, 7) is 2.38. The second-order valence-electron chi connectivity index (χ2n) is 10.7. The Morgan fingerprint density at radius 1 is 1.12 bits per heavy atom. The summed E-state index contributed by atoms with van der Waals surface area (Å²) in [4.78, 5) is 19.1. The first-order valence-electron chi connectivity index (χ1n) is 13.7. The number of fused-ring (bicyclic) bond motifs is 1. The van der Waals surface area contributed by atoms with Gasteiger partial charge in [-0.2, -0.15) is 0 Å². The number of amidine groups is 1. The Labute approximate surface area is 249 Å². The monoisotopic (exact) mass is 615 g/mol. The van der Waals surface area contributed by atoms with Gasteiger partial charge in [0.2, 0.25) is 0 Å². The Morgan fingerprint density at radius 3 is 2.60 bits per heavy atom. The molecule has 1 fully saturated rings. The first-order chi connectivity index (χ1) is 20.1. The van der Waals surface area contributed by atoms with Gasteiger partial charge in [0.05, 0.1) is 39.2 Å². The van der Waals surface area contributed by atoms with Gasteiger partial charge in [-0.15, -0.1) is 0 Å². The van der Waals surface area contributed by atoms with Gasteiger partial charge in [0.15, 0.2) is 17.5 Å². The second-order valence-corrected chi connectivity index (χ2v) is 13.4. The molecule has 3 N–H and O–H groups in total. The predicted molar refractivity (Wildman–Crippen MR) is 163 cm³/mol. The van der Waals surface area contributed by atoms with E-state index in [1.165, 1.54) is 13.1 Å². The van der Waals surface area contributed by atoms with E-state index in [2.05, 4.69) is 20.9 Å². The molecular weight excluding hydrogens is 584 g/mol. The number of nitrogens with one attached hydrogen (secondary N) is 3. The Morgan fingerprint density at radius 2 is 1.88 bits per heavy atom. The number of rotatable bonds is 6. The minimum atomic E-state index is -2.96. The highest BCUT2D eigenvalue weighted by Gasteiger charge is 2.28. The average molecular weight is 616 g/mol. The molecule has 1 saturated heterocycles. The minimum absolute atomic E-state index is 0.0458. The molecule has 0 radical (unpaired) electrons. The highest BCUT2D eigenvalue weighted by atomic mass is 35.5. The summed E-state index contributed by atoms with van der Waals surface area (Å²) in [7, 11) is -1.43. The molecule has 0 bridgehead atoms. The lowest BCUT2D eigenvalue weighted by atomic mass is 10.0. The zero-order chi connectivity index (χ0) is 30.0. The van der Waals surface area contributed by atoms with Crippen LogP contribution < -0.4 is 16.0 Å². The highest BCUT2D eigenvalue weighted by molar-refractivity contribution is 7.91. The molecule has 1 unspecified atom stereocenters. The molecular formula is C30H32ClF2N5O3S. The average Bonchev–Trinajstić information content (AvgIpc) is 3.13. The lowest BCUT2D eigenvalue weighted by molar-refractivity contribution is 0.0946. The number of nitrogens with zero attached hydrogens (tertiary/aromatic N) is 2. The third-order valence-corrected chi connectivity index (χ3v) is 9.66. The van der Waals surface area contributed by atoms with Gasteiger partial charge in [0.25, 0.3) is 5.91 Å². The fourth-order valence-corrected chi connectivity index (χ4v) is 7.06. The first kappa shape index (κ1) is 29.8. The van der Waals surface area contributed by atoms with Gasteiger partial charge in [0, 0.05) is 37.2 Å². The summed E-state index contributed by atoms with van der Waals surface area (Å²) in [6.07, 6.45) is 8.87. The van der Waals surface area contributed by atoms with Crippen LogP contribution >= 0.6 is 11.6 Å². The van der Waals surface area contributed by atoms with Crippen LogP contribution in [0.3, 0.4) is 0 Å². The molecule has 8 nitrogen and oxygen atoms in total. The molecule has 222 valence electrons. The maximum atomic E-state index is 15.2. The number of hydrogen-bond acceptors (Lipinski definition) is 7. The summed E-state index contributed by atoms with van der Waals surface area (Å²) < 4.78 is 53.2. The van der Waals surface area contributed by atoms with E-state index in [1.54, 1.807) is 41.6 Å². The number of allylic oxidation sites excluding steroid dienone is 2. The Bertz CT molecular complexity index is 1620. The van der Waals surface area contributed by atoms with Crippen LogP contribution in [0, 0.1) is 23.5 Å². The number of benzene rings is 2. The van der Waals surface area contributed by atoms with E-state index in [-0.39, 0.29) is 45.5 Å². The van der Waals surface area contributed by atoms with Crippen LogP contribution in [-0.2, 0) is 9.84 Å². The molecule has 2 aromatic carbocycles. The van der Waals surface area contributed by atoms with Gasteiger partial charge in [-0.1, -0.05) is 30.7 Å². The maximum Gasteiger partial charge on any atom is 0.252 e. The molecule has 0 saturated carbocycles. The van der Waals surface area contributed by atoms with Gasteiger partial charge in [0.1, 0.15) is 9.84 Å². The Hall–Kier alpha value is -3.70. The summed E-state index contributed by atoms with van der Waals surface area (Å²) in [5.74, 6) is -1.30. The molecule has 5 rings (SSSR count). The van der Waals surface area contributed by atoms with Crippen molar-refractivity contribution in [2.24, 2.45) is 16.8 Å². The fourth-order valence-electron chi connectivity index (χ4n) is 5.20. The molecule has 42 heavy (non-hydrogen) atoms. The topological polar surface area (TPSA) is 103 Å². The van der Waals surface area contributed by atoms with Crippen molar-refractivity contribution in [3.05, 3.63) is 88.4 Å². The van der Waals surface area contributed by atoms with Crippen molar-refractivity contribution in [3.8, 4) is 0 Å². The van der Waals surface area contributed by atoms with Crippen LogP contribution in [0.1, 0.15) is 42.1 Å². The highest BCUT2D eigenvalue weighted by Crippen LogP contribution is 2.36. The molecule has 1 amide bonds. The van der Waals surface area contributed by atoms with Crippen LogP contribution in [-0.4, -0.2) is 50.2 Å². The summed E-state index contributed by atoms with van der Waals surface area (Å²) in [5, 5.41) is 9.01. The van der Waals surface area contributed by atoms with Crippen LogP contribution in [0.2, 0.25) is 5.02 Å². The number of anilines is 2. The smallest absolute Gasteiger partial charge is 0.252 e. The van der Waals surface area contributed by atoms with E-state index in [1.807, 2.05) is 19.1 Å². The molecule has 1 atom stereocenters. The minimum Gasteiger partial charge on any atom is -0.386 e. The number of carbonyl (C=O) groups is 1. The summed E-state index contributed by atoms with van der Waals surface area (Å²) >= 11 is 6.49. The van der Waals surface area contributed by atoms with Gasteiger partial charge in [-0.3, -0.25) is 4.79 Å². The normalized spacial score (nSPS) is 20.1. The molecule has 12 heteroatoms. The first-order valence-corrected chi connectivity index (χ1v) is 15.9. The molecule has 0 spiro atoms. The largest absolute Gasteiger partial charge is 0.386 e. The number of hydrogen-bond donors (Lipinski definition) is 3. The van der Waals surface area contributed by atoms with Crippen molar-refractivity contribution in [2.75, 3.05) is 35.7 Å². The Balaban J connectivity index is 1.31. The predicted octanol–water partition coefficient (Wildman–Crippen LogP) is 5.78. The van der Waals surface area contributed by atoms with Crippen molar-refractivity contribution < 1.29 is 22.0 Å². The van der Waals surface area contributed by atoms with Crippen LogP contribution in [0.25, 0.3) is 5.70 Å². The van der Waals surface area contributed by atoms with E-state index < -0.39 is 21.5 Å². The van der Waals surface area contributed by atoms with Crippen LogP contribution in [0.5, 0.6) is 0 Å². The zero-order valence-electron chi connectivity index (χ0n) is 23.3. The zero-order valence-corrected chi connectivity index (χ0v) is 24.8. The van der Waals surface area contributed by atoms with Crippen molar-refractivity contribution in [1.29, 1.82) is 0 Å². The molecule has 0 aliphatic carbocycles. The van der Waals surface area contributed by atoms with Crippen LogP contribution in [0.15, 0.2) is 65.6 Å². The van der Waals surface area contributed by atoms with E-state index in [4.69, 9.17) is 11.6 Å². The fraction of sp³-hybridized carbons (Fsp3) is 0.333. The van der Waals surface area contributed by atoms with Crippen LogP contribution in [0.4, 0.5) is 20.2 Å². The van der Waals surface area contributed by atoms with Gasteiger partial charge in [-0.05, 0) is 61.4 Å². The van der Waals surface area contributed by atoms with E-state index in [9.17, 15) is 17.6 Å². The number of sulfone groups is 1. The Kier molecular flexibility index (Phi) is 8.70. The number of carbonyl (C=O) groups excluding carboxylic acids is 1. The molecule has 3 heterocycles. The maximum absolute atomic E-state index is 15.2. The van der Waals surface area contributed by atoms with E-state index in [0.29, 0.717) is 54.3 Å². The molecule has 3 aliphatic heterocycles. The van der Waals surface area contributed by atoms with Crippen molar-refractivity contribution in [3.63, 3.8) is 0 Å². The van der Waals surface area contributed by atoms with E-state index in [0.717, 1.165) is 0 Å². The molecule has 3 aliphatic rings. The summed E-state index contributed by atoms with van der Waals surface area (Å²) in [6, 6.07) is 8.00. The third kappa shape index (κ3) is 6.37. The lowest BCUT2D eigenvalue weighted by Gasteiger charge is -2.29. The van der Waals surface area contributed by atoms with Crippen molar-refractivity contribution in [2.45, 2.75) is 26.2 Å². The van der Waals surface area contributed by atoms with Gasteiger partial charge >= 0.3 is 0 Å². The second kappa shape index (κ2) is 12.3. The van der Waals surface area contributed by atoms with Gasteiger partial charge in [-0.25, -0.2) is 22.2 Å². The standard InChI is InChI=1S/C30H32ClF2N5O3S/c1-18-3-8-25-29(35-11-12-38(25)26(15-18)22-6-7-24(34-2)28(33)27(22)32)37-20-4-5-21(23(31)16-20)30(39)36-17-19-9-13-42(40,41)14-10-19/h4-8,11-12,15-16,18-19,34H,3,9-10,13-14,17H2,1-2H3,(H,35,37)(H,36,39). The molecule has 2 aromatic rings. The number of halogens is 3. The van der Waals surface area contributed by atoms with Gasteiger partial charge < -0.3 is 20.9 Å².